The van der Waals surface area contributed by atoms with Gasteiger partial charge in [0.15, 0.2) is 6.10 Å². The standard InChI is InChI=1S/C65H118O6/c1-4-7-10-13-16-19-21-23-25-26-27-28-29-30-31-32-33-34-35-36-37-38-40-41-43-46-49-52-55-58-64(67)70-61-62(60-69-63(66)57-54-51-48-45-18-15-12-9-6-3)71-65(68)59-56-53-50-47-44-42-39-24-22-20-17-14-11-8-5-2/h8,11,17,20,24,26-27,39,62H,4-7,9-10,12-16,18-19,21-23,25,28-38,40-61H2,1-3H3/b11-8-,20-17-,27-26-,39-24-. The highest BCUT2D eigenvalue weighted by Gasteiger charge is 2.19. The van der Waals surface area contributed by atoms with Gasteiger partial charge in [0.1, 0.15) is 13.2 Å². The third-order valence-electron chi connectivity index (χ3n) is 13.8. The van der Waals surface area contributed by atoms with Crippen molar-refractivity contribution >= 4 is 17.9 Å². The molecule has 0 saturated heterocycles. The lowest BCUT2D eigenvalue weighted by molar-refractivity contribution is -0.167. The summed E-state index contributed by atoms with van der Waals surface area (Å²) in [6.07, 6.45) is 74.3. The molecule has 0 aliphatic heterocycles. The summed E-state index contributed by atoms with van der Waals surface area (Å²) in [7, 11) is 0. The fraction of sp³-hybridized carbons (Fsp3) is 0.831. The van der Waals surface area contributed by atoms with Crippen molar-refractivity contribution in [1.82, 2.24) is 0 Å². The number of carbonyl (C=O) groups is 3. The molecule has 1 unspecified atom stereocenters. The van der Waals surface area contributed by atoms with Gasteiger partial charge in [-0.15, -0.1) is 0 Å². The number of rotatable bonds is 57. The number of allylic oxidation sites excluding steroid dienone is 8. The first-order chi connectivity index (χ1) is 35.0. The average molecular weight is 996 g/mol. The van der Waals surface area contributed by atoms with Crippen LogP contribution in [0.2, 0.25) is 0 Å². The zero-order chi connectivity index (χ0) is 51.4. The van der Waals surface area contributed by atoms with Gasteiger partial charge in [-0.25, -0.2) is 0 Å². The van der Waals surface area contributed by atoms with Crippen LogP contribution in [-0.4, -0.2) is 37.2 Å². The Hall–Kier alpha value is -2.63. The van der Waals surface area contributed by atoms with Gasteiger partial charge in [0.05, 0.1) is 0 Å². The van der Waals surface area contributed by atoms with Crippen molar-refractivity contribution in [2.45, 2.75) is 335 Å². The lowest BCUT2D eigenvalue weighted by Crippen LogP contribution is -2.30. The van der Waals surface area contributed by atoms with Crippen molar-refractivity contribution in [3.63, 3.8) is 0 Å². The minimum Gasteiger partial charge on any atom is -0.462 e. The predicted octanol–water partition coefficient (Wildman–Crippen LogP) is 21.0. The molecule has 6 nitrogen and oxygen atoms in total. The SMILES string of the molecule is CC/C=C\C/C=C\C/C=C\CCCCCCCC(=O)OC(COC(=O)CCCCCCCCCCC)COC(=O)CCCCCCCCCCCCCCCCCCC/C=C\CCCCCCCCCC. The Morgan fingerprint density at radius 2 is 0.549 bits per heavy atom. The van der Waals surface area contributed by atoms with Gasteiger partial charge in [-0.3, -0.25) is 14.4 Å². The molecule has 0 fully saturated rings. The first-order valence-corrected chi connectivity index (χ1v) is 31.1. The van der Waals surface area contributed by atoms with Gasteiger partial charge in [0.25, 0.3) is 0 Å². The third kappa shape index (κ3) is 58.1. The molecular formula is C65H118O6. The quantitative estimate of drug-likeness (QED) is 0.0261. The topological polar surface area (TPSA) is 78.9 Å². The van der Waals surface area contributed by atoms with Crippen LogP contribution in [0.3, 0.4) is 0 Å². The Morgan fingerprint density at radius 3 is 0.873 bits per heavy atom. The fourth-order valence-electron chi connectivity index (χ4n) is 9.16. The van der Waals surface area contributed by atoms with Gasteiger partial charge in [0, 0.05) is 19.3 Å². The Kier molecular flexibility index (Phi) is 57.7. The van der Waals surface area contributed by atoms with E-state index >= 15 is 0 Å². The second-order valence-corrected chi connectivity index (χ2v) is 20.9. The van der Waals surface area contributed by atoms with Crippen molar-refractivity contribution in [1.29, 1.82) is 0 Å². The second-order valence-electron chi connectivity index (χ2n) is 20.9. The van der Waals surface area contributed by atoms with Crippen LogP contribution in [0.5, 0.6) is 0 Å². The molecular weight excluding hydrogens is 877 g/mol. The maximum Gasteiger partial charge on any atom is 0.306 e. The summed E-state index contributed by atoms with van der Waals surface area (Å²) < 4.78 is 16.8. The molecule has 0 heterocycles. The lowest BCUT2D eigenvalue weighted by Gasteiger charge is -2.18. The van der Waals surface area contributed by atoms with Crippen LogP contribution in [0.1, 0.15) is 329 Å². The van der Waals surface area contributed by atoms with Crippen LogP contribution in [0.25, 0.3) is 0 Å². The summed E-state index contributed by atoms with van der Waals surface area (Å²) in [5.41, 5.74) is 0. The third-order valence-corrected chi connectivity index (χ3v) is 13.8. The van der Waals surface area contributed by atoms with E-state index in [0.29, 0.717) is 19.3 Å². The minimum absolute atomic E-state index is 0.0766. The summed E-state index contributed by atoms with van der Waals surface area (Å²) in [5, 5.41) is 0. The maximum atomic E-state index is 12.8. The van der Waals surface area contributed by atoms with E-state index in [1.54, 1.807) is 0 Å². The van der Waals surface area contributed by atoms with Crippen LogP contribution < -0.4 is 0 Å². The molecule has 0 aromatic rings. The smallest absolute Gasteiger partial charge is 0.306 e. The number of hydrogen-bond acceptors (Lipinski definition) is 6. The van der Waals surface area contributed by atoms with E-state index in [-0.39, 0.29) is 31.1 Å². The highest BCUT2D eigenvalue weighted by molar-refractivity contribution is 5.71. The van der Waals surface area contributed by atoms with E-state index in [4.69, 9.17) is 14.2 Å². The molecule has 0 saturated carbocycles. The van der Waals surface area contributed by atoms with Crippen LogP contribution in [0, 0.1) is 0 Å². The molecule has 71 heavy (non-hydrogen) atoms. The first kappa shape index (κ1) is 68.4. The molecule has 6 heteroatoms. The van der Waals surface area contributed by atoms with Gasteiger partial charge in [-0.1, -0.05) is 281 Å². The average Bonchev–Trinajstić information content (AvgIpc) is 3.37. The van der Waals surface area contributed by atoms with E-state index in [1.165, 1.54) is 193 Å². The number of carbonyl (C=O) groups excluding carboxylic acids is 3. The molecule has 0 aliphatic carbocycles. The van der Waals surface area contributed by atoms with Gasteiger partial charge in [-0.2, -0.15) is 0 Å². The highest BCUT2D eigenvalue weighted by atomic mass is 16.6. The summed E-state index contributed by atoms with van der Waals surface area (Å²) in [4.78, 5) is 38.1. The Morgan fingerprint density at radius 1 is 0.296 bits per heavy atom. The Bertz CT molecular complexity index is 1230. The second kappa shape index (κ2) is 59.9. The van der Waals surface area contributed by atoms with Gasteiger partial charge >= 0.3 is 17.9 Å². The number of hydrogen-bond donors (Lipinski definition) is 0. The molecule has 0 amide bonds. The van der Waals surface area contributed by atoms with Crippen LogP contribution in [-0.2, 0) is 28.6 Å². The minimum atomic E-state index is -0.778. The normalized spacial score (nSPS) is 12.3. The van der Waals surface area contributed by atoms with Crippen LogP contribution in [0.4, 0.5) is 0 Å². The number of ether oxygens (including phenoxy) is 3. The Balaban J connectivity index is 4.09. The Labute approximate surface area is 441 Å². The van der Waals surface area contributed by atoms with Crippen molar-refractivity contribution < 1.29 is 28.6 Å². The monoisotopic (exact) mass is 995 g/mol. The van der Waals surface area contributed by atoms with E-state index in [2.05, 4.69) is 69.4 Å². The number of esters is 3. The fourth-order valence-corrected chi connectivity index (χ4v) is 9.16. The van der Waals surface area contributed by atoms with E-state index < -0.39 is 6.10 Å². The molecule has 1 atom stereocenters. The van der Waals surface area contributed by atoms with Crippen molar-refractivity contribution in [3.05, 3.63) is 48.6 Å². The first-order valence-electron chi connectivity index (χ1n) is 31.1. The predicted molar refractivity (Wildman–Crippen MR) is 307 cm³/mol. The zero-order valence-electron chi connectivity index (χ0n) is 47.5. The maximum absolute atomic E-state index is 12.8. The van der Waals surface area contributed by atoms with E-state index in [9.17, 15) is 14.4 Å². The molecule has 0 bridgehead atoms. The lowest BCUT2D eigenvalue weighted by atomic mass is 10.0. The molecule has 0 radical (unpaired) electrons. The van der Waals surface area contributed by atoms with Crippen molar-refractivity contribution in [3.8, 4) is 0 Å². The largest absolute Gasteiger partial charge is 0.462 e. The van der Waals surface area contributed by atoms with E-state index in [1.807, 2.05) is 0 Å². The molecule has 0 spiro atoms. The molecule has 414 valence electrons. The zero-order valence-corrected chi connectivity index (χ0v) is 47.5. The van der Waals surface area contributed by atoms with Gasteiger partial charge in [-0.05, 0) is 77.0 Å². The van der Waals surface area contributed by atoms with Gasteiger partial charge in [0.2, 0.25) is 0 Å². The molecule has 0 rings (SSSR count). The van der Waals surface area contributed by atoms with Crippen LogP contribution >= 0.6 is 0 Å². The summed E-state index contributed by atoms with van der Waals surface area (Å²) in [5.74, 6) is -0.881. The molecule has 0 aliphatic rings. The van der Waals surface area contributed by atoms with Crippen molar-refractivity contribution in [2.24, 2.45) is 0 Å². The molecule has 0 aromatic heterocycles. The number of unbranched alkanes of at least 4 members (excludes halogenated alkanes) is 38. The highest BCUT2D eigenvalue weighted by Crippen LogP contribution is 2.17. The van der Waals surface area contributed by atoms with Crippen molar-refractivity contribution in [2.75, 3.05) is 13.2 Å². The van der Waals surface area contributed by atoms with Crippen LogP contribution in [0.15, 0.2) is 48.6 Å². The summed E-state index contributed by atoms with van der Waals surface area (Å²) in [6, 6.07) is 0. The summed E-state index contributed by atoms with van der Waals surface area (Å²) in [6.45, 7) is 6.53. The summed E-state index contributed by atoms with van der Waals surface area (Å²) >= 11 is 0. The van der Waals surface area contributed by atoms with Gasteiger partial charge < -0.3 is 14.2 Å². The molecule has 0 aromatic carbocycles. The molecule has 0 N–H and O–H groups in total. The van der Waals surface area contributed by atoms with E-state index in [0.717, 1.165) is 96.3 Å².